The third kappa shape index (κ3) is 6.31. The highest BCUT2D eigenvalue weighted by Gasteiger charge is 2.22. The van der Waals surface area contributed by atoms with Gasteiger partial charge in [0, 0.05) is 32.0 Å². The fraction of sp³-hybridized carbons (Fsp3) is 0.435. The summed E-state index contributed by atoms with van der Waals surface area (Å²) in [6.07, 6.45) is 7.38. The van der Waals surface area contributed by atoms with Gasteiger partial charge in [-0.3, -0.25) is 19.7 Å². The summed E-state index contributed by atoms with van der Waals surface area (Å²) < 4.78 is 10.9. The van der Waals surface area contributed by atoms with E-state index in [1.165, 1.54) is 11.3 Å². The van der Waals surface area contributed by atoms with Gasteiger partial charge in [-0.25, -0.2) is 9.97 Å². The second-order valence-corrected chi connectivity index (χ2v) is 8.76. The Morgan fingerprint density at radius 1 is 1.27 bits per heavy atom. The average molecular weight is 469 g/mol. The number of morpholine rings is 1. The maximum Gasteiger partial charge on any atom is 0.280 e. The molecule has 4 rings (SSSR count). The summed E-state index contributed by atoms with van der Waals surface area (Å²) in [7, 11) is 0. The molecule has 1 aliphatic rings. The number of ether oxygens (including phenoxy) is 2. The van der Waals surface area contributed by atoms with E-state index >= 15 is 0 Å². The molecule has 0 aliphatic carbocycles. The highest BCUT2D eigenvalue weighted by molar-refractivity contribution is 7.16. The van der Waals surface area contributed by atoms with E-state index < -0.39 is 0 Å². The molecule has 1 aliphatic heterocycles. The van der Waals surface area contributed by atoms with Crippen molar-refractivity contribution < 1.29 is 14.3 Å². The number of hydrogen-bond acceptors (Lipinski definition) is 9. The number of nitrogens with zero attached hydrogens (tertiary/aromatic N) is 5. The van der Waals surface area contributed by atoms with Gasteiger partial charge in [0.2, 0.25) is 5.88 Å². The van der Waals surface area contributed by atoms with Crippen LogP contribution in [0.25, 0.3) is 10.6 Å². The Bertz CT molecular complexity index is 1070. The van der Waals surface area contributed by atoms with Crippen LogP contribution in [0.4, 0.5) is 0 Å². The van der Waals surface area contributed by atoms with Crippen molar-refractivity contribution in [3.8, 4) is 16.5 Å². The molecule has 174 valence electrons. The lowest BCUT2D eigenvalue weighted by Gasteiger charge is -2.28. The minimum absolute atomic E-state index is 0.214. The molecule has 1 fully saturated rings. The van der Waals surface area contributed by atoms with Crippen LogP contribution in [0.5, 0.6) is 5.88 Å². The van der Waals surface area contributed by atoms with E-state index in [4.69, 9.17) is 9.47 Å². The fourth-order valence-electron chi connectivity index (χ4n) is 3.58. The van der Waals surface area contributed by atoms with E-state index in [0.29, 0.717) is 23.2 Å². The number of pyridine rings is 1. The van der Waals surface area contributed by atoms with Crippen molar-refractivity contribution in [3.63, 3.8) is 0 Å². The lowest BCUT2D eigenvalue weighted by molar-refractivity contribution is 0.0359. The summed E-state index contributed by atoms with van der Waals surface area (Å²) in [4.78, 5) is 33.7. The maximum atomic E-state index is 13.1. The minimum atomic E-state index is -0.226. The molecule has 3 aromatic rings. The van der Waals surface area contributed by atoms with Gasteiger partial charge in [-0.1, -0.05) is 0 Å². The molecule has 1 N–H and O–H groups in total. The van der Waals surface area contributed by atoms with Crippen LogP contribution in [0.3, 0.4) is 0 Å². The normalized spacial score (nSPS) is 15.2. The van der Waals surface area contributed by atoms with Gasteiger partial charge < -0.3 is 14.8 Å². The Labute approximate surface area is 197 Å². The van der Waals surface area contributed by atoms with Crippen molar-refractivity contribution in [1.29, 1.82) is 0 Å². The fourth-order valence-corrected chi connectivity index (χ4v) is 4.36. The number of nitrogens with one attached hydrogen (secondary N) is 1. The zero-order valence-corrected chi connectivity index (χ0v) is 19.7. The molecule has 33 heavy (non-hydrogen) atoms. The molecule has 3 aromatic heterocycles. The number of hydrogen-bond donors (Lipinski definition) is 1. The van der Waals surface area contributed by atoms with Crippen molar-refractivity contribution in [2.75, 3.05) is 39.5 Å². The van der Waals surface area contributed by atoms with E-state index in [2.05, 4.69) is 30.2 Å². The standard InChI is InChI=1S/C23H28N6O3S/c1-3-32-21-15-24-13-19(27-21)20-14-26-23(33-20)22(30)28-17(18-12-16(2)4-6-25-18)5-7-29-8-10-31-11-9-29/h4,6,12-15,17H,3,5,7-11H2,1-2H3,(H,28,30)/t17-/m1/s1. The topological polar surface area (TPSA) is 102 Å². The molecule has 10 heteroatoms. The van der Waals surface area contributed by atoms with E-state index in [0.717, 1.165) is 55.4 Å². The van der Waals surface area contributed by atoms with E-state index in [-0.39, 0.29) is 11.9 Å². The first-order valence-corrected chi connectivity index (χ1v) is 11.9. The van der Waals surface area contributed by atoms with E-state index in [1.807, 2.05) is 26.0 Å². The first-order chi connectivity index (χ1) is 16.1. The molecule has 1 atom stereocenters. The summed E-state index contributed by atoms with van der Waals surface area (Å²) in [6.45, 7) is 8.57. The zero-order valence-electron chi connectivity index (χ0n) is 18.9. The van der Waals surface area contributed by atoms with Gasteiger partial charge in [-0.2, -0.15) is 0 Å². The molecular formula is C23H28N6O3S. The third-order valence-electron chi connectivity index (χ3n) is 5.29. The minimum Gasteiger partial charge on any atom is -0.477 e. The van der Waals surface area contributed by atoms with Gasteiger partial charge in [0.25, 0.3) is 5.91 Å². The van der Waals surface area contributed by atoms with Gasteiger partial charge in [0.1, 0.15) is 5.69 Å². The van der Waals surface area contributed by atoms with Crippen LogP contribution in [-0.4, -0.2) is 70.2 Å². The Kier molecular flexibility index (Phi) is 7.92. The second-order valence-electron chi connectivity index (χ2n) is 7.73. The number of rotatable bonds is 9. The zero-order chi connectivity index (χ0) is 23.0. The van der Waals surface area contributed by atoms with Crippen molar-refractivity contribution in [3.05, 3.63) is 53.2 Å². The molecule has 0 unspecified atom stereocenters. The van der Waals surface area contributed by atoms with Crippen molar-refractivity contribution in [2.45, 2.75) is 26.3 Å². The van der Waals surface area contributed by atoms with Gasteiger partial charge in [0.05, 0.1) is 48.8 Å². The summed E-state index contributed by atoms with van der Waals surface area (Å²) in [5, 5.41) is 3.51. The number of carbonyl (C=O) groups is 1. The molecule has 0 aromatic carbocycles. The smallest absolute Gasteiger partial charge is 0.280 e. The number of aromatic nitrogens is 4. The van der Waals surface area contributed by atoms with Crippen LogP contribution >= 0.6 is 11.3 Å². The predicted molar refractivity (Wildman–Crippen MR) is 125 cm³/mol. The van der Waals surface area contributed by atoms with Gasteiger partial charge in [-0.05, 0) is 38.0 Å². The van der Waals surface area contributed by atoms with Crippen LogP contribution < -0.4 is 10.1 Å². The SMILES string of the molecule is CCOc1cncc(-c2cnc(C(=O)N[C@H](CCN3CCOCC3)c3cc(C)ccn3)s2)n1. The molecule has 1 saturated heterocycles. The maximum absolute atomic E-state index is 13.1. The Morgan fingerprint density at radius 2 is 2.12 bits per heavy atom. The van der Waals surface area contributed by atoms with Crippen molar-refractivity contribution >= 4 is 17.2 Å². The molecule has 0 saturated carbocycles. The summed E-state index contributed by atoms with van der Waals surface area (Å²) in [5.41, 5.74) is 2.58. The second kappa shape index (κ2) is 11.3. The monoisotopic (exact) mass is 468 g/mol. The molecule has 1 amide bonds. The number of carbonyl (C=O) groups excluding carboxylic acids is 1. The first-order valence-electron chi connectivity index (χ1n) is 11.1. The quantitative estimate of drug-likeness (QED) is 0.511. The average Bonchev–Trinajstić information content (AvgIpc) is 3.33. The molecule has 4 heterocycles. The Hall–Kier alpha value is -2.95. The Balaban J connectivity index is 1.47. The van der Waals surface area contributed by atoms with Crippen LogP contribution in [0, 0.1) is 6.92 Å². The van der Waals surface area contributed by atoms with Crippen LogP contribution in [0.15, 0.2) is 36.9 Å². The third-order valence-corrected chi connectivity index (χ3v) is 6.31. The van der Waals surface area contributed by atoms with Crippen LogP contribution in [0.2, 0.25) is 0 Å². The highest BCUT2D eigenvalue weighted by atomic mass is 32.1. The van der Waals surface area contributed by atoms with Crippen LogP contribution in [0.1, 0.15) is 40.4 Å². The van der Waals surface area contributed by atoms with Gasteiger partial charge in [0.15, 0.2) is 5.01 Å². The summed E-state index contributed by atoms with van der Waals surface area (Å²) in [6, 6.07) is 3.76. The number of aryl methyl sites for hydroxylation is 1. The highest BCUT2D eigenvalue weighted by Crippen LogP contribution is 2.26. The Morgan fingerprint density at radius 3 is 2.91 bits per heavy atom. The summed E-state index contributed by atoms with van der Waals surface area (Å²) >= 11 is 1.28. The van der Waals surface area contributed by atoms with E-state index in [9.17, 15) is 4.79 Å². The largest absolute Gasteiger partial charge is 0.477 e. The molecule has 0 radical (unpaired) electrons. The predicted octanol–water partition coefficient (Wildman–Crippen LogP) is 2.90. The first kappa shape index (κ1) is 23.2. The van der Waals surface area contributed by atoms with Gasteiger partial charge >= 0.3 is 0 Å². The molecule has 9 nitrogen and oxygen atoms in total. The summed E-state index contributed by atoms with van der Waals surface area (Å²) in [5.74, 6) is 0.221. The number of amides is 1. The molecular weight excluding hydrogens is 440 g/mol. The molecule has 0 bridgehead atoms. The van der Waals surface area contributed by atoms with E-state index in [1.54, 1.807) is 24.8 Å². The van der Waals surface area contributed by atoms with Crippen molar-refractivity contribution in [2.24, 2.45) is 0 Å². The lowest BCUT2D eigenvalue weighted by Crippen LogP contribution is -2.39. The van der Waals surface area contributed by atoms with Crippen LogP contribution in [-0.2, 0) is 4.74 Å². The van der Waals surface area contributed by atoms with Gasteiger partial charge in [-0.15, -0.1) is 11.3 Å². The molecule has 0 spiro atoms. The van der Waals surface area contributed by atoms with Crippen molar-refractivity contribution in [1.82, 2.24) is 30.2 Å². The number of thiazole rings is 1. The lowest BCUT2D eigenvalue weighted by atomic mass is 10.1.